The summed E-state index contributed by atoms with van der Waals surface area (Å²) in [5.74, 6) is 1.31. The van der Waals surface area contributed by atoms with Crippen LogP contribution in [0.1, 0.15) is 35.3 Å². The van der Waals surface area contributed by atoms with Crippen LogP contribution in [0.5, 0.6) is 0 Å². The normalized spacial score (nSPS) is 14.6. The van der Waals surface area contributed by atoms with E-state index in [0.29, 0.717) is 44.2 Å². The summed E-state index contributed by atoms with van der Waals surface area (Å²) in [7, 11) is 0. The highest BCUT2D eigenvalue weighted by molar-refractivity contribution is 7.11. The summed E-state index contributed by atoms with van der Waals surface area (Å²) in [6.07, 6.45) is 2.24. The molecule has 0 aromatic carbocycles. The molecule has 3 rings (SSSR count). The first-order chi connectivity index (χ1) is 12.1. The topological polar surface area (TPSA) is 86.0 Å². The summed E-state index contributed by atoms with van der Waals surface area (Å²) in [5, 5.41) is 17.6. The molecule has 0 aliphatic carbocycles. The van der Waals surface area contributed by atoms with E-state index in [1.807, 2.05) is 17.2 Å². The molecule has 0 saturated carbocycles. The van der Waals surface area contributed by atoms with Gasteiger partial charge < -0.3 is 9.80 Å². The number of hydrogen-bond acceptors (Lipinski definition) is 7. The molecule has 3 heterocycles. The van der Waals surface area contributed by atoms with Crippen LogP contribution in [0, 0.1) is 11.3 Å². The van der Waals surface area contributed by atoms with Gasteiger partial charge >= 0.3 is 0 Å². The maximum Gasteiger partial charge on any atom is 0.229 e. The van der Waals surface area contributed by atoms with Crippen LogP contribution in [0.15, 0.2) is 18.3 Å². The third-order valence-electron chi connectivity index (χ3n) is 4.16. The number of carbonyl (C=O) groups excluding carboxylic acids is 1. The number of rotatable bonds is 4. The fourth-order valence-corrected chi connectivity index (χ4v) is 3.57. The molecular formula is C17H20N6OS. The molecule has 1 amide bonds. The lowest BCUT2D eigenvalue weighted by atomic mass is 10.2. The van der Waals surface area contributed by atoms with Gasteiger partial charge in [0, 0.05) is 37.3 Å². The molecule has 1 saturated heterocycles. The minimum atomic E-state index is 0.121. The predicted octanol–water partition coefficient (Wildman–Crippen LogP) is 1.82. The van der Waals surface area contributed by atoms with E-state index in [2.05, 4.69) is 33.9 Å². The van der Waals surface area contributed by atoms with Gasteiger partial charge in [-0.1, -0.05) is 13.8 Å². The van der Waals surface area contributed by atoms with Crippen molar-refractivity contribution < 1.29 is 4.79 Å². The molecule has 1 aliphatic heterocycles. The van der Waals surface area contributed by atoms with Crippen LogP contribution in [-0.4, -0.2) is 52.2 Å². The summed E-state index contributed by atoms with van der Waals surface area (Å²) < 4.78 is 0. The molecule has 0 unspecified atom stereocenters. The van der Waals surface area contributed by atoms with Crippen molar-refractivity contribution in [1.82, 2.24) is 20.1 Å². The van der Waals surface area contributed by atoms with Gasteiger partial charge in [-0.05, 0) is 18.1 Å². The van der Waals surface area contributed by atoms with Crippen LogP contribution in [0.2, 0.25) is 0 Å². The minimum Gasteiger partial charge on any atom is -0.352 e. The van der Waals surface area contributed by atoms with Gasteiger partial charge in [-0.3, -0.25) is 4.79 Å². The van der Waals surface area contributed by atoms with Crippen molar-refractivity contribution in [3.8, 4) is 6.07 Å². The van der Waals surface area contributed by atoms with Crippen molar-refractivity contribution in [2.24, 2.45) is 0 Å². The summed E-state index contributed by atoms with van der Waals surface area (Å²) in [4.78, 5) is 22.0. The lowest BCUT2D eigenvalue weighted by Crippen LogP contribution is -2.49. The van der Waals surface area contributed by atoms with Gasteiger partial charge in [0.25, 0.3) is 0 Å². The Morgan fingerprint density at radius 3 is 2.60 bits per heavy atom. The van der Waals surface area contributed by atoms with Gasteiger partial charge in [0.15, 0.2) is 11.5 Å². The van der Waals surface area contributed by atoms with Gasteiger partial charge in [-0.15, -0.1) is 21.5 Å². The Hall–Kier alpha value is -2.53. The van der Waals surface area contributed by atoms with E-state index in [9.17, 15) is 4.79 Å². The molecule has 0 N–H and O–H groups in total. The van der Waals surface area contributed by atoms with Gasteiger partial charge in [0.1, 0.15) is 11.1 Å². The lowest BCUT2D eigenvalue weighted by molar-refractivity contribution is -0.130. The molecule has 2 aromatic heterocycles. The molecule has 8 heteroatoms. The maximum absolute atomic E-state index is 12.5. The van der Waals surface area contributed by atoms with E-state index in [-0.39, 0.29) is 5.91 Å². The van der Waals surface area contributed by atoms with E-state index in [4.69, 9.17) is 5.26 Å². The Balaban J connectivity index is 1.54. The number of nitrogens with zero attached hydrogens (tertiary/aromatic N) is 6. The molecule has 1 aliphatic rings. The third kappa shape index (κ3) is 4.12. The monoisotopic (exact) mass is 356 g/mol. The Bertz CT molecular complexity index is 771. The Labute approximate surface area is 150 Å². The Kier molecular flexibility index (Phi) is 5.24. The maximum atomic E-state index is 12.5. The molecule has 0 spiro atoms. The second kappa shape index (κ2) is 7.57. The van der Waals surface area contributed by atoms with E-state index in [1.165, 1.54) is 4.88 Å². The van der Waals surface area contributed by atoms with E-state index >= 15 is 0 Å². The van der Waals surface area contributed by atoms with Gasteiger partial charge in [-0.25, -0.2) is 4.98 Å². The number of nitriles is 1. The van der Waals surface area contributed by atoms with Crippen molar-refractivity contribution >= 4 is 23.1 Å². The molecule has 1 fully saturated rings. The third-order valence-corrected chi connectivity index (χ3v) is 5.46. The highest BCUT2D eigenvalue weighted by Gasteiger charge is 2.23. The summed E-state index contributed by atoms with van der Waals surface area (Å²) in [5.41, 5.74) is 0.307. The number of aromatic nitrogens is 3. The minimum absolute atomic E-state index is 0.121. The van der Waals surface area contributed by atoms with Crippen molar-refractivity contribution in [2.75, 3.05) is 31.1 Å². The smallest absolute Gasteiger partial charge is 0.229 e. The van der Waals surface area contributed by atoms with Crippen molar-refractivity contribution in [3.63, 3.8) is 0 Å². The molecule has 7 nitrogen and oxygen atoms in total. The number of hydrogen-bond donors (Lipinski definition) is 0. The Morgan fingerprint density at radius 2 is 2.04 bits per heavy atom. The molecule has 25 heavy (non-hydrogen) atoms. The summed E-state index contributed by atoms with van der Waals surface area (Å²) in [6, 6.07) is 5.42. The van der Waals surface area contributed by atoms with Gasteiger partial charge in [-0.2, -0.15) is 5.26 Å². The number of anilines is 1. The molecule has 0 atom stereocenters. The second-order valence-corrected chi connectivity index (χ2v) is 7.39. The number of piperazine rings is 1. The standard InChI is InChI=1S/C17H20N6OS/c1-12(2)14-11-19-16(25-14)9-17(24)23-7-5-22(6-8-23)15-4-3-13(10-18)20-21-15/h3-4,11-12H,5-9H2,1-2H3. The largest absolute Gasteiger partial charge is 0.352 e. The van der Waals surface area contributed by atoms with Crippen LogP contribution < -0.4 is 4.90 Å². The molecule has 130 valence electrons. The first kappa shape index (κ1) is 17.3. The van der Waals surface area contributed by atoms with E-state index < -0.39 is 0 Å². The van der Waals surface area contributed by atoms with E-state index in [0.717, 1.165) is 10.8 Å². The SMILES string of the molecule is CC(C)c1cnc(CC(=O)N2CCN(c3ccc(C#N)nn3)CC2)s1. The zero-order valence-electron chi connectivity index (χ0n) is 14.3. The predicted molar refractivity (Wildman–Crippen MR) is 95.4 cm³/mol. The first-order valence-electron chi connectivity index (χ1n) is 8.28. The fraction of sp³-hybridized carbons (Fsp3) is 0.471. The van der Waals surface area contributed by atoms with Crippen LogP contribution in [0.25, 0.3) is 0 Å². The molecule has 0 radical (unpaired) electrons. The van der Waals surface area contributed by atoms with Crippen molar-refractivity contribution in [2.45, 2.75) is 26.2 Å². The first-order valence-corrected chi connectivity index (χ1v) is 9.09. The van der Waals surface area contributed by atoms with Crippen molar-refractivity contribution in [1.29, 1.82) is 5.26 Å². The molecule has 2 aromatic rings. The molecular weight excluding hydrogens is 336 g/mol. The highest BCUT2D eigenvalue weighted by Crippen LogP contribution is 2.22. The number of thiazole rings is 1. The average molecular weight is 356 g/mol. The number of carbonyl (C=O) groups is 1. The number of amides is 1. The van der Waals surface area contributed by atoms with Crippen LogP contribution in [-0.2, 0) is 11.2 Å². The van der Waals surface area contributed by atoms with Gasteiger partial charge in [0.2, 0.25) is 5.91 Å². The van der Waals surface area contributed by atoms with E-state index in [1.54, 1.807) is 23.5 Å². The lowest BCUT2D eigenvalue weighted by Gasteiger charge is -2.35. The van der Waals surface area contributed by atoms with Crippen LogP contribution >= 0.6 is 11.3 Å². The van der Waals surface area contributed by atoms with Crippen molar-refractivity contribution in [3.05, 3.63) is 33.9 Å². The summed E-state index contributed by atoms with van der Waals surface area (Å²) >= 11 is 1.62. The molecule has 0 bridgehead atoms. The van der Waals surface area contributed by atoms with Gasteiger partial charge in [0.05, 0.1) is 6.42 Å². The van der Waals surface area contributed by atoms with Crippen LogP contribution in [0.3, 0.4) is 0 Å². The zero-order valence-corrected chi connectivity index (χ0v) is 15.2. The Morgan fingerprint density at radius 1 is 1.28 bits per heavy atom. The summed E-state index contributed by atoms with van der Waals surface area (Å²) in [6.45, 7) is 6.99. The van der Waals surface area contributed by atoms with Crippen LogP contribution in [0.4, 0.5) is 5.82 Å². The quantitative estimate of drug-likeness (QED) is 0.830. The average Bonchev–Trinajstić information content (AvgIpc) is 3.11. The zero-order chi connectivity index (χ0) is 17.8. The highest BCUT2D eigenvalue weighted by atomic mass is 32.1. The second-order valence-electron chi connectivity index (χ2n) is 6.24. The fourth-order valence-electron chi connectivity index (χ4n) is 2.65.